The molecule has 1 saturated carbocycles. The van der Waals surface area contributed by atoms with Crippen LogP contribution >= 0.6 is 0 Å². The van der Waals surface area contributed by atoms with Gasteiger partial charge in [0.05, 0.1) is 0 Å². The molecule has 20 heavy (non-hydrogen) atoms. The van der Waals surface area contributed by atoms with E-state index in [0.29, 0.717) is 23.6 Å². The maximum atomic E-state index is 12.6. The summed E-state index contributed by atoms with van der Waals surface area (Å²) in [5.41, 5.74) is 1.02. The lowest BCUT2D eigenvalue weighted by Crippen LogP contribution is -2.41. The molecule has 1 aromatic rings. The molecule has 0 spiro atoms. The van der Waals surface area contributed by atoms with Crippen molar-refractivity contribution in [2.24, 2.45) is 0 Å². The largest absolute Gasteiger partial charge is 0.488 e. The molecule has 0 aromatic heterocycles. The Bertz CT molecular complexity index is 441. The summed E-state index contributed by atoms with van der Waals surface area (Å²) >= 11 is 0. The molecule has 1 aliphatic rings. The van der Waals surface area contributed by atoms with Crippen LogP contribution in [0.15, 0.2) is 24.3 Å². The Hall–Kier alpha value is -1.33. The van der Waals surface area contributed by atoms with Gasteiger partial charge in [-0.25, -0.2) is 0 Å². The van der Waals surface area contributed by atoms with Crippen LogP contribution in [-0.2, 0) is 0 Å². The van der Waals surface area contributed by atoms with E-state index in [2.05, 4.69) is 0 Å². The van der Waals surface area contributed by atoms with E-state index in [0.717, 1.165) is 12.8 Å². The first kappa shape index (κ1) is 15.1. The lowest BCUT2D eigenvalue weighted by Gasteiger charge is -2.33. The highest BCUT2D eigenvalue weighted by atomic mass is 16.4. The van der Waals surface area contributed by atoms with Gasteiger partial charge < -0.3 is 14.9 Å². The van der Waals surface area contributed by atoms with Gasteiger partial charge in [-0.1, -0.05) is 31.4 Å². The molecule has 1 aliphatic carbocycles. The van der Waals surface area contributed by atoms with Crippen molar-refractivity contribution in [1.29, 1.82) is 0 Å². The SMILES string of the molecule is CCN(C(=O)c1ccc(B(O)O)cc1)C1CCCCC1. The van der Waals surface area contributed by atoms with Crippen molar-refractivity contribution in [3.05, 3.63) is 29.8 Å². The minimum atomic E-state index is -1.49. The molecule has 2 rings (SSSR count). The summed E-state index contributed by atoms with van der Waals surface area (Å²) in [6.07, 6.45) is 5.85. The molecular weight excluding hydrogens is 253 g/mol. The summed E-state index contributed by atoms with van der Waals surface area (Å²) in [6, 6.07) is 6.87. The van der Waals surface area contributed by atoms with E-state index in [-0.39, 0.29) is 5.91 Å². The quantitative estimate of drug-likeness (QED) is 0.811. The van der Waals surface area contributed by atoms with E-state index in [1.165, 1.54) is 19.3 Å². The van der Waals surface area contributed by atoms with Gasteiger partial charge in [-0.05, 0) is 37.4 Å². The minimum absolute atomic E-state index is 0.0402. The van der Waals surface area contributed by atoms with Gasteiger partial charge in [-0.2, -0.15) is 0 Å². The fourth-order valence-corrected chi connectivity index (χ4v) is 2.92. The molecule has 0 heterocycles. The summed E-state index contributed by atoms with van der Waals surface area (Å²) in [5.74, 6) is 0.0402. The number of benzene rings is 1. The van der Waals surface area contributed by atoms with Gasteiger partial charge in [0, 0.05) is 18.2 Å². The maximum Gasteiger partial charge on any atom is 0.488 e. The molecular formula is C15H22BNO3. The zero-order chi connectivity index (χ0) is 14.5. The smallest absolute Gasteiger partial charge is 0.423 e. The average molecular weight is 275 g/mol. The normalized spacial score (nSPS) is 15.9. The van der Waals surface area contributed by atoms with Crippen molar-refractivity contribution >= 4 is 18.5 Å². The third kappa shape index (κ3) is 3.41. The second-order valence-electron chi connectivity index (χ2n) is 5.38. The molecule has 5 heteroatoms. The predicted molar refractivity (Wildman–Crippen MR) is 79.9 cm³/mol. The number of hydrogen-bond donors (Lipinski definition) is 2. The number of amides is 1. The van der Waals surface area contributed by atoms with E-state index in [4.69, 9.17) is 10.0 Å². The standard InChI is InChI=1S/C15H22BNO3/c1-2-17(14-6-4-3-5-7-14)15(18)12-8-10-13(11-9-12)16(19)20/h8-11,14,19-20H,2-7H2,1H3. The molecule has 0 bridgehead atoms. The van der Waals surface area contributed by atoms with Crippen molar-refractivity contribution in [1.82, 2.24) is 4.90 Å². The Morgan fingerprint density at radius 1 is 1.20 bits per heavy atom. The van der Waals surface area contributed by atoms with Crippen molar-refractivity contribution in [3.8, 4) is 0 Å². The predicted octanol–water partition coefficient (Wildman–Crippen LogP) is 1.16. The van der Waals surface area contributed by atoms with E-state index in [1.54, 1.807) is 24.3 Å². The van der Waals surface area contributed by atoms with Gasteiger partial charge in [0.25, 0.3) is 5.91 Å². The first-order valence-electron chi connectivity index (χ1n) is 7.40. The van der Waals surface area contributed by atoms with Crippen LogP contribution in [0.5, 0.6) is 0 Å². The van der Waals surface area contributed by atoms with Crippen LogP contribution in [-0.4, -0.2) is 40.6 Å². The number of carbonyl (C=O) groups excluding carboxylic acids is 1. The number of nitrogens with zero attached hydrogens (tertiary/aromatic N) is 1. The number of hydrogen-bond acceptors (Lipinski definition) is 3. The van der Waals surface area contributed by atoms with Gasteiger partial charge in [0.15, 0.2) is 0 Å². The van der Waals surface area contributed by atoms with Crippen LogP contribution in [0.25, 0.3) is 0 Å². The van der Waals surface area contributed by atoms with Crippen LogP contribution in [0.2, 0.25) is 0 Å². The number of rotatable bonds is 4. The van der Waals surface area contributed by atoms with Crippen molar-refractivity contribution < 1.29 is 14.8 Å². The summed E-state index contributed by atoms with van der Waals surface area (Å²) in [6.45, 7) is 2.73. The highest BCUT2D eigenvalue weighted by Crippen LogP contribution is 2.23. The van der Waals surface area contributed by atoms with Crippen molar-refractivity contribution in [2.75, 3.05) is 6.54 Å². The Morgan fingerprint density at radius 3 is 2.30 bits per heavy atom. The Morgan fingerprint density at radius 2 is 1.80 bits per heavy atom. The minimum Gasteiger partial charge on any atom is -0.423 e. The van der Waals surface area contributed by atoms with Crippen molar-refractivity contribution in [3.63, 3.8) is 0 Å². The Labute approximate surface area is 120 Å². The van der Waals surface area contributed by atoms with Crippen LogP contribution in [0.4, 0.5) is 0 Å². The van der Waals surface area contributed by atoms with Crippen LogP contribution in [0.1, 0.15) is 49.4 Å². The van der Waals surface area contributed by atoms with E-state index >= 15 is 0 Å². The molecule has 0 atom stereocenters. The van der Waals surface area contributed by atoms with Gasteiger partial charge in [0.2, 0.25) is 0 Å². The zero-order valence-electron chi connectivity index (χ0n) is 12.0. The summed E-state index contributed by atoms with van der Waals surface area (Å²) in [5, 5.41) is 18.1. The van der Waals surface area contributed by atoms with Crippen LogP contribution in [0, 0.1) is 0 Å². The lowest BCUT2D eigenvalue weighted by molar-refractivity contribution is 0.0648. The summed E-state index contributed by atoms with van der Waals surface area (Å²) in [4.78, 5) is 14.5. The highest BCUT2D eigenvalue weighted by molar-refractivity contribution is 6.58. The molecule has 0 saturated heterocycles. The first-order valence-corrected chi connectivity index (χ1v) is 7.40. The van der Waals surface area contributed by atoms with Crippen molar-refractivity contribution in [2.45, 2.75) is 45.1 Å². The third-order valence-electron chi connectivity index (χ3n) is 4.07. The Kier molecular flexibility index (Phi) is 5.20. The van der Waals surface area contributed by atoms with E-state index in [9.17, 15) is 4.79 Å². The summed E-state index contributed by atoms with van der Waals surface area (Å²) in [7, 11) is -1.49. The first-order chi connectivity index (χ1) is 9.63. The van der Waals surface area contributed by atoms with E-state index < -0.39 is 7.12 Å². The molecule has 0 aliphatic heterocycles. The second kappa shape index (κ2) is 6.91. The highest BCUT2D eigenvalue weighted by Gasteiger charge is 2.25. The van der Waals surface area contributed by atoms with Gasteiger partial charge in [-0.15, -0.1) is 0 Å². The van der Waals surface area contributed by atoms with Crippen LogP contribution in [0.3, 0.4) is 0 Å². The fraction of sp³-hybridized carbons (Fsp3) is 0.533. The Balaban J connectivity index is 2.11. The zero-order valence-corrected chi connectivity index (χ0v) is 12.0. The average Bonchev–Trinajstić information content (AvgIpc) is 2.49. The topological polar surface area (TPSA) is 60.8 Å². The molecule has 4 nitrogen and oxygen atoms in total. The molecule has 0 radical (unpaired) electrons. The molecule has 2 N–H and O–H groups in total. The maximum absolute atomic E-state index is 12.6. The van der Waals surface area contributed by atoms with Crippen LogP contribution < -0.4 is 5.46 Å². The molecule has 1 aromatic carbocycles. The number of carbonyl (C=O) groups is 1. The monoisotopic (exact) mass is 275 g/mol. The van der Waals surface area contributed by atoms with Gasteiger partial charge in [0.1, 0.15) is 0 Å². The lowest BCUT2D eigenvalue weighted by atomic mass is 9.80. The molecule has 108 valence electrons. The molecule has 1 amide bonds. The van der Waals surface area contributed by atoms with Gasteiger partial charge >= 0.3 is 7.12 Å². The van der Waals surface area contributed by atoms with Gasteiger partial charge in [-0.3, -0.25) is 4.79 Å². The third-order valence-corrected chi connectivity index (χ3v) is 4.07. The van der Waals surface area contributed by atoms with E-state index in [1.807, 2.05) is 11.8 Å². The molecule has 1 fully saturated rings. The fourth-order valence-electron chi connectivity index (χ4n) is 2.92. The summed E-state index contributed by atoms with van der Waals surface area (Å²) < 4.78 is 0. The molecule has 0 unspecified atom stereocenters. The second-order valence-corrected chi connectivity index (χ2v) is 5.38.